The fraction of sp³-hybridized carbons (Fsp3) is 0.947. The predicted molar refractivity (Wildman–Crippen MR) is 84.0 cm³/mol. The summed E-state index contributed by atoms with van der Waals surface area (Å²) in [5, 5.41) is 11.0. The second-order valence-electron chi connectivity index (χ2n) is 9.32. The minimum Gasteiger partial charge on any atom is -0.378 e. The highest BCUT2D eigenvalue weighted by Gasteiger charge is 2.65. The van der Waals surface area contributed by atoms with Crippen LogP contribution in [0.1, 0.15) is 58.3 Å². The average Bonchev–Trinajstić information content (AvgIpc) is 2.88. The summed E-state index contributed by atoms with van der Waals surface area (Å²) < 4.78 is 0. The number of nitrogens with zero attached hydrogens (tertiary/aromatic N) is 1. The van der Waals surface area contributed by atoms with Crippen LogP contribution in [0.2, 0.25) is 0 Å². The summed E-state index contributed by atoms with van der Waals surface area (Å²) in [6, 6.07) is 0. The molecule has 0 aromatic rings. The summed E-state index contributed by atoms with van der Waals surface area (Å²) in [6.07, 6.45) is 9.05. The van der Waals surface area contributed by atoms with Crippen molar-refractivity contribution >= 4 is 5.78 Å². The second-order valence-corrected chi connectivity index (χ2v) is 9.32. The third-order valence-corrected chi connectivity index (χ3v) is 8.73. The van der Waals surface area contributed by atoms with Crippen molar-refractivity contribution in [2.45, 2.75) is 64.5 Å². The highest BCUT2D eigenvalue weighted by molar-refractivity contribution is 5.82. The van der Waals surface area contributed by atoms with Crippen molar-refractivity contribution in [2.75, 3.05) is 13.1 Å². The van der Waals surface area contributed by atoms with Gasteiger partial charge < -0.3 is 5.11 Å². The van der Waals surface area contributed by atoms with Gasteiger partial charge in [-0.25, -0.2) is 0 Å². The van der Waals surface area contributed by atoms with Gasteiger partial charge in [-0.2, -0.15) is 0 Å². The average molecular weight is 303 g/mol. The zero-order valence-electron chi connectivity index (χ0n) is 13.8. The smallest absolute Gasteiger partial charge is 0.133 e. The molecule has 3 saturated carbocycles. The van der Waals surface area contributed by atoms with Gasteiger partial charge in [0.2, 0.25) is 0 Å². The maximum absolute atomic E-state index is 12.1. The van der Waals surface area contributed by atoms with Gasteiger partial charge in [-0.3, -0.25) is 9.69 Å². The first-order chi connectivity index (χ1) is 10.5. The van der Waals surface area contributed by atoms with Crippen LogP contribution in [0.5, 0.6) is 0 Å². The Morgan fingerprint density at radius 3 is 2.82 bits per heavy atom. The lowest BCUT2D eigenvalue weighted by Gasteiger charge is -2.60. The minimum atomic E-state index is -0.194. The largest absolute Gasteiger partial charge is 0.378 e. The molecule has 2 bridgehead atoms. The molecule has 2 aliphatic heterocycles. The predicted octanol–water partition coefficient (Wildman–Crippen LogP) is 2.82. The third-order valence-electron chi connectivity index (χ3n) is 8.73. The van der Waals surface area contributed by atoms with E-state index in [4.69, 9.17) is 0 Å². The SMILES string of the molecule is CC12CCC3C(CCC4CCN5CCC43C5O)C1CC(=O)C2. The first-order valence-corrected chi connectivity index (χ1v) is 9.48. The molecule has 3 aliphatic carbocycles. The number of Topliss-reactive ketones (excluding diaryl/α,β-unsaturated/α-hetero) is 1. The number of aliphatic hydroxyl groups excluding tert-OH is 1. The van der Waals surface area contributed by atoms with E-state index >= 15 is 0 Å². The molecule has 0 radical (unpaired) electrons. The van der Waals surface area contributed by atoms with E-state index in [0.717, 1.165) is 31.8 Å². The number of aliphatic hydroxyl groups is 1. The Hall–Kier alpha value is -0.410. The minimum absolute atomic E-state index is 0.175. The molecule has 5 fully saturated rings. The van der Waals surface area contributed by atoms with Crippen molar-refractivity contribution in [3.05, 3.63) is 0 Å². The molecule has 3 nitrogen and oxygen atoms in total. The van der Waals surface area contributed by atoms with Crippen LogP contribution in [0, 0.1) is 34.5 Å². The van der Waals surface area contributed by atoms with Gasteiger partial charge in [0.25, 0.3) is 0 Å². The summed E-state index contributed by atoms with van der Waals surface area (Å²) in [6.45, 7) is 4.58. The summed E-state index contributed by atoms with van der Waals surface area (Å²) in [5.41, 5.74) is 0.452. The molecule has 122 valence electrons. The van der Waals surface area contributed by atoms with Crippen LogP contribution in [0.3, 0.4) is 0 Å². The van der Waals surface area contributed by atoms with Crippen LogP contribution < -0.4 is 0 Å². The Morgan fingerprint density at radius 1 is 1.09 bits per heavy atom. The number of ketones is 1. The third kappa shape index (κ3) is 1.53. The Bertz CT molecular complexity index is 520. The maximum Gasteiger partial charge on any atom is 0.133 e. The molecular weight excluding hydrogens is 274 g/mol. The van der Waals surface area contributed by atoms with Crippen LogP contribution in [-0.2, 0) is 4.79 Å². The number of carbonyl (C=O) groups excluding carboxylic acids is 1. The molecule has 0 aromatic carbocycles. The summed E-state index contributed by atoms with van der Waals surface area (Å²) in [4.78, 5) is 14.5. The van der Waals surface area contributed by atoms with E-state index in [1.54, 1.807) is 0 Å². The van der Waals surface area contributed by atoms with E-state index in [-0.39, 0.29) is 17.1 Å². The Labute approximate surface area is 133 Å². The number of piperidine rings is 1. The van der Waals surface area contributed by atoms with Crippen LogP contribution in [-0.4, -0.2) is 35.1 Å². The maximum atomic E-state index is 12.1. The van der Waals surface area contributed by atoms with Crippen molar-refractivity contribution in [1.29, 1.82) is 0 Å². The second kappa shape index (κ2) is 4.36. The quantitative estimate of drug-likeness (QED) is 0.748. The van der Waals surface area contributed by atoms with Crippen molar-refractivity contribution < 1.29 is 9.90 Å². The van der Waals surface area contributed by atoms with E-state index in [9.17, 15) is 9.90 Å². The molecule has 8 unspecified atom stereocenters. The molecule has 22 heavy (non-hydrogen) atoms. The molecule has 3 heteroatoms. The van der Waals surface area contributed by atoms with Gasteiger partial charge in [0.15, 0.2) is 0 Å². The van der Waals surface area contributed by atoms with E-state index < -0.39 is 0 Å². The number of fused-ring (bicyclic) bond motifs is 4. The lowest BCUT2D eigenvalue weighted by molar-refractivity contribution is -0.185. The molecule has 5 aliphatic rings. The highest BCUT2D eigenvalue weighted by atomic mass is 16.3. The molecule has 2 heterocycles. The number of carbonyl (C=O) groups is 1. The molecule has 1 spiro atoms. The standard InChI is InChI=1S/C19H29NO2/c1-18-6-4-15-14(16(18)10-13(21)11-18)3-2-12-5-8-20-9-7-19(12,15)17(20)22/h12,14-17,22H,2-11H2,1H3. The molecule has 5 rings (SSSR count). The lowest BCUT2D eigenvalue weighted by atomic mass is 9.46. The van der Waals surface area contributed by atoms with Crippen LogP contribution in [0.25, 0.3) is 0 Å². The summed E-state index contributed by atoms with van der Waals surface area (Å²) in [5.74, 6) is 3.23. The van der Waals surface area contributed by atoms with Crippen molar-refractivity contribution in [3.63, 3.8) is 0 Å². The summed E-state index contributed by atoms with van der Waals surface area (Å²) in [7, 11) is 0. The topological polar surface area (TPSA) is 40.5 Å². The van der Waals surface area contributed by atoms with Crippen molar-refractivity contribution in [2.24, 2.45) is 34.5 Å². The molecule has 2 saturated heterocycles. The number of hydrogen-bond acceptors (Lipinski definition) is 3. The first kappa shape index (κ1) is 14.0. The van der Waals surface area contributed by atoms with Crippen LogP contribution in [0.15, 0.2) is 0 Å². The van der Waals surface area contributed by atoms with E-state index in [0.29, 0.717) is 23.5 Å². The zero-order chi connectivity index (χ0) is 15.1. The zero-order valence-corrected chi connectivity index (χ0v) is 13.8. The summed E-state index contributed by atoms with van der Waals surface area (Å²) >= 11 is 0. The van der Waals surface area contributed by atoms with Gasteiger partial charge in [-0.05, 0) is 67.6 Å². The fourth-order valence-electron chi connectivity index (χ4n) is 7.79. The molecular formula is C19H29NO2. The Balaban J connectivity index is 1.54. The van der Waals surface area contributed by atoms with Crippen LogP contribution in [0.4, 0.5) is 0 Å². The molecule has 8 atom stereocenters. The van der Waals surface area contributed by atoms with Gasteiger partial charge in [0.05, 0.1) is 0 Å². The van der Waals surface area contributed by atoms with Gasteiger partial charge in [-0.15, -0.1) is 0 Å². The molecule has 0 amide bonds. The van der Waals surface area contributed by atoms with Gasteiger partial charge in [0, 0.05) is 31.3 Å². The van der Waals surface area contributed by atoms with Crippen molar-refractivity contribution in [3.8, 4) is 0 Å². The molecule has 0 aromatic heterocycles. The van der Waals surface area contributed by atoms with E-state index in [2.05, 4.69) is 11.8 Å². The van der Waals surface area contributed by atoms with Gasteiger partial charge in [0.1, 0.15) is 12.0 Å². The molecule has 1 N–H and O–H groups in total. The fourth-order valence-corrected chi connectivity index (χ4v) is 7.79. The number of hydrogen-bond donors (Lipinski definition) is 1. The lowest BCUT2D eigenvalue weighted by Crippen LogP contribution is -2.59. The van der Waals surface area contributed by atoms with E-state index in [1.807, 2.05) is 0 Å². The van der Waals surface area contributed by atoms with Gasteiger partial charge in [-0.1, -0.05) is 6.92 Å². The van der Waals surface area contributed by atoms with E-state index in [1.165, 1.54) is 38.5 Å². The number of rotatable bonds is 0. The van der Waals surface area contributed by atoms with Gasteiger partial charge >= 0.3 is 0 Å². The van der Waals surface area contributed by atoms with Crippen LogP contribution >= 0.6 is 0 Å². The highest BCUT2D eigenvalue weighted by Crippen LogP contribution is 2.67. The van der Waals surface area contributed by atoms with Crippen molar-refractivity contribution in [1.82, 2.24) is 4.90 Å². The Morgan fingerprint density at radius 2 is 1.95 bits per heavy atom. The normalized spacial score (nSPS) is 59.8. The Kier molecular flexibility index (Phi) is 2.77. The first-order valence-electron chi connectivity index (χ1n) is 9.48. The monoisotopic (exact) mass is 303 g/mol.